The number of piperidine rings is 1. The summed E-state index contributed by atoms with van der Waals surface area (Å²) in [6.07, 6.45) is 10.7. The zero-order valence-electron chi connectivity index (χ0n) is 23.6. The second-order valence-electron chi connectivity index (χ2n) is 12.9. The number of carbonyl (C=O) groups is 2. The summed E-state index contributed by atoms with van der Waals surface area (Å²) < 4.78 is 5.68. The van der Waals surface area contributed by atoms with Crippen molar-refractivity contribution in [1.29, 1.82) is 0 Å². The lowest BCUT2D eigenvalue weighted by molar-refractivity contribution is -0.133. The monoisotopic (exact) mass is 503 g/mol. The first-order chi connectivity index (χ1) is 17.3. The van der Waals surface area contributed by atoms with Crippen molar-refractivity contribution in [1.82, 2.24) is 15.5 Å². The summed E-state index contributed by atoms with van der Waals surface area (Å²) in [6, 6.07) is 1.24. The van der Waals surface area contributed by atoms with E-state index in [1.165, 1.54) is 32.1 Å². The Hall–Kier alpha value is -1.14. The molecule has 2 saturated carbocycles. The molecule has 4 fully saturated rings. The molecular formula is C30H53N3O3. The Kier molecular flexibility index (Phi) is 9.76. The van der Waals surface area contributed by atoms with E-state index < -0.39 is 0 Å². The highest BCUT2D eigenvalue weighted by atomic mass is 16.5. The molecule has 2 aliphatic carbocycles. The summed E-state index contributed by atoms with van der Waals surface area (Å²) in [5, 5.41) is 6.36. The van der Waals surface area contributed by atoms with Gasteiger partial charge in [-0.25, -0.2) is 0 Å². The largest absolute Gasteiger partial charge is 0.381 e. The van der Waals surface area contributed by atoms with Crippen molar-refractivity contribution >= 4 is 11.8 Å². The fourth-order valence-corrected chi connectivity index (χ4v) is 8.16. The minimum atomic E-state index is -0.121. The molecule has 0 bridgehead atoms. The van der Waals surface area contributed by atoms with Crippen LogP contribution in [0.15, 0.2) is 0 Å². The van der Waals surface area contributed by atoms with Crippen molar-refractivity contribution in [2.75, 3.05) is 26.3 Å². The molecular weight excluding hydrogens is 450 g/mol. The summed E-state index contributed by atoms with van der Waals surface area (Å²) in [6.45, 7) is 14.5. The van der Waals surface area contributed by atoms with Crippen molar-refractivity contribution < 1.29 is 14.3 Å². The van der Waals surface area contributed by atoms with Crippen LogP contribution in [0, 0.1) is 41.4 Å². The van der Waals surface area contributed by atoms with Gasteiger partial charge in [0.15, 0.2) is 0 Å². The van der Waals surface area contributed by atoms with Crippen LogP contribution in [-0.2, 0) is 14.3 Å². The van der Waals surface area contributed by atoms with Gasteiger partial charge in [-0.05, 0) is 88.0 Å². The number of hydrogen-bond acceptors (Lipinski definition) is 4. The number of nitrogens with zero attached hydrogens (tertiary/aromatic N) is 1. The third-order valence-corrected chi connectivity index (χ3v) is 10.5. The molecule has 2 N–H and O–H groups in total. The van der Waals surface area contributed by atoms with E-state index in [1.54, 1.807) is 0 Å². The molecule has 0 aromatic rings. The molecule has 2 aliphatic heterocycles. The number of amides is 2. The Morgan fingerprint density at radius 3 is 2.31 bits per heavy atom. The van der Waals surface area contributed by atoms with Crippen LogP contribution < -0.4 is 10.6 Å². The highest BCUT2D eigenvalue weighted by Crippen LogP contribution is 2.45. The lowest BCUT2D eigenvalue weighted by Gasteiger charge is -2.50. The molecule has 2 saturated heterocycles. The smallest absolute Gasteiger partial charge is 0.225 e. The molecule has 206 valence electrons. The van der Waals surface area contributed by atoms with Crippen LogP contribution in [0.1, 0.15) is 92.4 Å². The third-order valence-electron chi connectivity index (χ3n) is 10.5. The van der Waals surface area contributed by atoms with Crippen LogP contribution in [0.3, 0.4) is 0 Å². The SMILES string of the molecule is CCN(C1CCOCC1)C1CC(C2CCC(C)CC2)CC(C(=O)NCC2C(=O)NC(C)CC2C)C1C. The van der Waals surface area contributed by atoms with Gasteiger partial charge in [0.2, 0.25) is 11.8 Å². The van der Waals surface area contributed by atoms with Gasteiger partial charge in [-0.2, -0.15) is 0 Å². The van der Waals surface area contributed by atoms with Crippen molar-refractivity contribution in [3.63, 3.8) is 0 Å². The lowest BCUT2D eigenvalue weighted by Crippen LogP contribution is -2.56. The summed E-state index contributed by atoms with van der Waals surface area (Å²) in [4.78, 5) is 29.1. The first kappa shape index (κ1) is 27.9. The summed E-state index contributed by atoms with van der Waals surface area (Å²) in [5.74, 6) is 3.04. The molecule has 2 heterocycles. The van der Waals surface area contributed by atoms with Crippen LogP contribution in [0.4, 0.5) is 0 Å². The second-order valence-corrected chi connectivity index (χ2v) is 12.9. The Morgan fingerprint density at radius 1 is 0.972 bits per heavy atom. The van der Waals surface area contributed by atoms with Gasteiger partial charge in [0.25, 0.3) is 0 Å². The van der Waals surface area contributed by atoms with Gasteiger partial charge in [0.05, 0.1) is 5.92 Å². The van der Waals surface area contributed by atoms with E-state index in [4.69, 9.17) is 4.74 Å². The number of rotatable bonds is 7. The van der Waals surface area contributed by atoms with E-state index >= 15 is 0 Å². The maximum Gasteiger partial charge on any atom is 0.225 e. The molecule has 4 aliphatic rings. The topological polar surface area (TPSA) is 70.7 Å². The zero-order valence-corrected chi connectivity index (χ0v) is 23.6. The molecule has 4 rings (SSSR count). The normalized spacial score (nSPS) is 40.6. The number of ether oxygens (including phenoxy) is 1. The number of nitrogens with one attached hydrogen (secondary N) is 2. The van der Waals surface area contributed by atoms with E-state index in [-0.39, 0.29) is 29.7 Å². The van der Waals surface area contributed by atoms with Gasteiger partial charge in [-0.15, -0.1) is 0 Å². The van der Waals surface area contributed by atoms with E-state index in [9.17, 15) is 9.59 Å². The van der Waals surface area contributed by atoms with Gasteiger partial charge in [-0.1, -0.05) is 40.5 Å². The molecule has 6 heteroatoms. The average Bonchev–Trinajstić information content (AvgIpc) is 2.86. The van der Waals surface area contributed by atoms with Crippen LogP contribution in [0.5, 0.6) is 0 Å². The van der Waals surface area contributed by atoms with Crippen LogP contribution in [-0.4, -0.2) is 61.1 Å². The molecule has 0 spiro atoms. The predicted octanol–water partition coefficient (Wildman–Crippen LogP) is 4.62. The molecule has 2 amide bonds. The molecule has 6 nitrogen and oxygen atoms in total. The maximum atomic E-state index is 13.8. The predicted molar refractivity (Wildman–Crippen MR) is 144 cm³/mol. The second kappa shape index (κ2) is 12.6. The van der Waals surface area contributed by atoms with Crippen molar-refractivity contribution in [3.8, 4) is 0 Å². The first-order valence-electron chi connectivity index (χ1n) is 15.2. The molecule has 7 atom stereocenters. The van der Waals surface area contributed by atoms with E-state index in [0.717, 1.165) is 57.3 Å². The fourth-order valence-electron chi connectivity index (χ4n) is 8.16. The molecule has 0 aromatic carbocycles. The Bertz CT molecular complexity index is 731. The fraction of sp³-hybridized carbons (Fsp3) is 0.933. The summed E-state index contributed by atoms with van der Waals surface area (Å²) >= 11 is 0. The van der Waals surface area contributed by atoms with Crippen molar-refractivity contribution in [2.45, 2.75) is 111 Å². The Labute approximate surface area is 220 Å². The minimum Gasteiger partial charge on any atom is -0.381 e. The molecule has 36 heavy (non-hydrogen) atoms. The molecule has 0 radical (unpaired) electrons. The summed E-state index contributed by atoms with van der Waals surface area (Å²) in [7, 11) is 0. The first-order valence-corrected chi connectivity index (χ1v) is 15.2. The van der Waals surface area contributed by atoms with E-state index in [1.807, 2.05) is 0 Å². The highest BCUT2D eigenvalue weighted by molar-refractivity contribution is 5.83. The Morgan fingerprint density at radius 2 is 1.67 bits per heavy atom. The van der Waals surface area contributed by atoms with Gasteiger partial charge in [0.1, 0.15) is 0 Å². The van der Waals surface area contributed by atoms with Gasteiger partial charge < -0.3 is 15.4 Å². The maximum absolute atomic E-state index is 13.8. The highest BCUT2D eigenvalue weighted by Gasteiger charge is 2.45. The summed E-state index contributed by atoms with van der Waals surface area (Å²) in [5.41, 5.74) is 0. The van der Waals surface area contributed by atoms with Crippen LogP contribution in [0.2, 0.25) is 0 Å². The van der Waals surface area contributed by atoms with Gasteiger partial charge in [0, 0.05) is 43.8 Å². The standard InChI is InChI=1S/C30H53N3O3/c1-6-33(25-11-13-36-14-12-25)28-17-24(23-9-7-19(2)8-10-23)16-26(22(28)5)29(34)31-18-27-20(3)15-21(4)32-30(27)35/h19-28H,6-18H2,1-5H3,(H,31,34)(H,32,35). The number of hydrogen-bond donors (Lipinski definition) is 2. The third kappa shape index (κ3) is 6.46. The van der Waals surface area contributed by atoms with E-state index in [0.29, 0.717) is 36.4 Å². The molecule has 7 unspecified atom stereocenters. The average molecular weight is 504 g/mol. The van der Waals surface area contributed by atoms with Crippen LogP contribution >= 0.6 is 0 Å². The number of carbonyl (C=O) groups excluding carboxylic acids is 2. The van der Waals surface area contributed by atoms with Crippen molar-refractivity contribution in [3.05, 3.63) is 0 Å². The molecule has 0 aromatic heterocycles. The van der Waals surface area contributed by atoms with Gasteiger partial charge in [-0.3, -0.25) is 14.5 Å². The zero-order chi connectivity index (χ0) is 25.8. The van der Waals surface area contributed by atoms with E-state index in [2.05, 4.69) is 50.2 Å². The van der Waals surface area contributed by atoms with Gasteiger partial charge >= 0.3 is 0 Å². The Balaban J connectivity index is 1.48. The minimum absolute atomic E-state index is 0.0304. The quantitative estimate of drug-likeness (QED) is 0.532. The van der Waals surface area contributed by atoms with Crippen LogP contribution in [0.25, 0.3) is 0 Å². The lowest BCUT2D eigenvalue weighted by atomic mass is 9.63. The van der Waals surface area contributed by atoms with Crippen molar-refractivity contribution in [2.24, 2.45) is 41.4 Å².